The maximum atomic E-state index is 4.20. The van der Waals surface area contributed by atoms with Crippen LogP contribution in [0.2, 0.25) is 0 Å². The molecule has 1 aliphatic heterocycles. The first kappa shape index (κ1) is 13.5. The molecular formula is C13H25N5. The van der Waals surface area contributed by atoms with Crippen LogP contribution in [0.1, 0.15) is 32.9 Å². The van der Waals surface area contributed by atoms with Gasteiger partial charge < -0.3 is 5.32 Å². The molecule has 5 nitrogen and oxygen atoms in total. The van der Waals surface area contributed by atoms with Crippen LogP contribution in [0.3, 0.4) is 0 Å². The summed E-state index contributed by atoms with van der Waals surface area (Å²) in [5.41, 5.74) is 1.06. The average molecular weight is 251 g/mol. The van der Waals surface area contributed by atoms with Crippen LogP contribution in [-0.4, -0.2) is 45.1 Å². The van der Waals surface area contributed by atoms with Crippen molar-refractivity contribution in [2.45, 2.75) is 45.8 Å². The third-order valence-electron chi connectivity index (χ3n) is 3.84. The van der Waals surface area contributed by atoms with E-state index < -0.39 is 0 Å². The van der Waals surface area contributed by atoms with E-state index in [-0.39, 0.29) is 0 Å². The first-order valence-electron chi connectivity index (χ1n) is 6.89. The summed E-state index contributed by atoms with van der Waals surface area (Å²) < 4.78 is 1.77. The van der Waals surface area contributed by atoms with E-state index in [1.54, 1.807) is 4.68 Å². The summed E-state index contributed by atoms with van der Waals surface area (Å²) in [7, 11) is 1.92. The highest BCUT2D eigenvalue weighted by Gasteiger charge is 2.25. The molecule has 1 aromatic heterocycles. The molecule has 18 heavy (non-hydrogen) atoms. The van der Waals surface area contributed by atoms with Gasteiger partial charge in [0.1, 0.15) is 0 Å². The fraction of sp³-hybridized carbons (Fsp3) is 0.846. The summed E-state index contributed by atoms with van der Waals surface area (Å²) in [6.07, 6.45) is 3.21. The minimum absolute atomic E-state index is 0.576. The molecule has 2 unspecified atom stereocenters. The monoisotopic (exact) mass is 251 g/mol. The number of hydrogen-bond donors (Lipinski definition) is 1. The van der Waals surface area contributed by atoms with E-state index in [4.69, 9.17) is 0 Å². The van der Waals surface area contributed by atoms with Gasteiger partial charge >= 0.3 is 0 Å². The van der Waals surface area contributed by atoms with E-state index in [0.717, 1.165) is 25.3 Å². The molecule has 1 aromatic rings. The van der Waals surface area contributed by atoms with E-state index in [1.807, 2.05) is 13.2 Å². The van der Waals surface area contributed by atoms with E-state index in [0.29, 0.717) is 18.0 Å². The summed E-state index contributed by atoms with van der Waals surface area (Å²) in [5.74, 6) is 0.666. The highest BCUT2D eigenvalue weighted by molar-refractivity contribution is 4.94. The molecule has 0 bridgehead atoms. The van der Waals surface area contributed by atoms with Gasteiger partial charge in [-0.15, -0.1) is 5.10 Å². The first-order valence-corrected chi connectivity index (χ1v) is 6.89. The molecular weight excluding hydrogens is 226 g/mol. The van der Waals surface area contributed by atoms with Gasteiger partial charge in [-0.05, 0) is 25.8 Å². The molecule has 2 atom stereocenters. The van der Waals surface area contributed by atoms with Crippen LogP contribution in [-0.2, 0) is 13.6 Å². The average Bonchev–Trinajstić information content (AvgIpc) is 2.62. The molecule has 0 aromatic carbocycles. The number of aryl methyl sites for hydroxylation is 1. The molecule has 102 valence electrons. The van der Waals surface area contributed by atoms with Crippen molar-refractivity contribution in [1.82, 2.24) is 25.2 Å². The SMILES string of the molecule is CC(C)C1CN(Cc2cn(C)nn2)C(C)CCN1. The van der Waals surface area contributed by atoms with Crippen LogP contribution < -0.4 is 5.32 Å². The van der Waals surface area contributed by atoms with Crippen LogP contribution >= 0.6 is 0 Å². The molecule has 2 rings (SSSR count). The van der Waals surface area contributed by atoms with Gasteiger partial charge in [0.15, 0.2) is 0 Å². The van der Waals surface area contributed by atoms with Gasteiger partial charge in [0, 0.05) is 38.4 Å². The van der Waals surface area contributed by atoms with Crippen molar-refractivity contribution in [2.24, 2.45) is 13.0 Å². The summed E-state index contributed by atoms with van der Waals surface area (Å²) in [4.78, 5) is 2.52. The number of rotatable bonds is 3. The van der Waals surface area contributed by atoms with Crippen LogP contribution in [0.5, 0.6) is 0 Å². The van der Waals surface area contributed by atoms with E-state index in [2.05, 4.69) is 41.3 Å². The maximum absolute atomic E-state index is 4.20. The Bertz CT molecular complexity index is 373. The molecule has 5 heteroatoms. The van der Waals surface area contributed by atoms with Crippen LogP contribution in [0, 0.1) is 5.92 Å². The third-order valence-corrected chi connectivity index (χ3v) is 3.84. The Morgan fingerprint density at radius 1 is 1.50 bits per heavy atom. The summed E-state index contributed by atoms with van der Waals surface area (Å²) in [6, 6.07) is 1.18. The quantitative estimate of drug-likeness (QED) is 0.871. The molecule has 2 heterocycles. The Hall–Kier alpha value is -0.940. The molecule has 0 radical (unpaired) electrons. The lowest BCUT2D eigenvalue weighted by Crippen LogP contribution is -2.42. The van der Waals surface area contributed by atoms with Crippen molar-refractivity contribution in [2.75, 3.05) is 13.1 Å². The molecule has 0 spiro atoms. The van der Waals surface area contributed by atoms with Gasteiger partial charge in [-0.25, -0.2) is 0 Å². The van der Waals surface area contributed by atoms with Crippen molar-refractivity contribution in [3.63, 3.8) is 0 Å². The van der Waals surface area contributed by atoms with E-state index in [1.165, 1.54) is 6.42 Å². The molecule has 1 fully saturated rings. The topological polar surface area (TPSA) is 46.0 Å². The van der Waals surface area contributed by atoms with E-state index >= 15 is 0 Å². The second-order valence-electron chi connectivity index (χ2n) is 5.76. The summed E-state index contributed by atoms with van der Waals surface area (Å²) in [5, 5.41) is 11.9. The Labute approximate surface area is 110 Å². The predicted molar refractivity (Wildman–Crippen MR) is 72.1 cm³/mol. The fourth-order valence-corrected chi connectivity index (χ4v) is 2.50. The molecule has 1 aliphatic rings. The van der Waals surface area contributed by atoms with Gasteiger partial charge in [-0.3, -0.25) is 9.58 Å². The van der Waals surface area contributed by atoms with Gasteiger partial charge in [0.05, 0.1) is 5.69 Å². The Morgan fingerprint density at radius 3 is 2.89 bits per heavy atom. The summed E-state index contributed by atoms with van der Waals surface area (Å²) >= 11 is 0. The van der Waals surface area contributed by atoms with Crippen LogP contribution in [0.4, 0.5) is 0 Å². The zero-order valence-electron chi connectivity index (χ0n) is 11.9. The molecule has 0 aliphatic carbocycles. The first-order chi connectivity index (χ1) is 8.56. The third kappa shape index (κ3) is 3.29. The molecule has 0 amide bonds. The second-order valence-corrected chi connectivity index (χ2v) is 5.76. The molecule has 1 N–H and O–H groups in total. The Kier molecular flexibility index (Phi) is 4.35. The van der Waals surface area contributed by atoms with Crippen molar-refractivity contribution >= 4 is 0 Å². The fourth-order valence-electron chi connectivity index (χ4n) is 2.50. The lowest BCUT2D eigenvalue weighted by molar-refractivity contribution is 0.182. The summed E-state index contributed by atoms with van der Waals surface area (Å²) in [6.45, 7) is 9.99. The highest BCUT2D eigenvalue weighted by atomic mass is 15.4. The van der Waals surface area contributed by atoms with Crippen molar-refractivity contribution in [3.05, 3.63) is 11.9 Å². The largest absolute Gasteiger partial charge is 0.312 e. The van der Waals surface area contributed by atoms with Gasteiger partial charge in [0.25, 0.3) is 0 Å². The second kappa shape index (κ2) is 5.80. The van der Waals surface area contributed by atoms with E-state index in [9.17, 15) is 0 Å². The lowest BCUT2D eigenvalue weighted by atomic mass is 10.0. The predicted octanol–water partition coefficient (Wildman–Crippen LogP) is 1.02. The maximum Gasteiger partial charge on any atom is 0.0967 e. The van der Waals surface area contributed by atoms with Crippen LogP contribution in [0.25, 0.3) is 0 Å². The smallest absolute Gasteiger partial charge is 0.0967 e. The Morgan fingerprint density at radius 2 is 2.28 bits per heavy atom. The van der Waals surface area contributed by atoms with Crippen molar-refractivity contribution in [1.29, 1.82) is 0 Å². The zero-order chi connectivity index (χ0) is 13.1. The van der Waals surface area contributed by atoms with Gasteiger partial charge in [0.2, 0.25) is 0 Å². The Balaban J connectivity index is 2.03. The normalized spacial score (nSPS) is 26.5. The lowest BCUT2D eigenvalue weighted by Gasteiger charge is -2.29. The van der Waals surface area contributed by atoms with Gasteiger partial charge in [-0.1, -0.05) is 19.1 Å². The minimum atomic E-state index is 0.576. The number of nitrogens with one attached hydrogen (secondary N) is 1. The zero-order valence-corrected chi connectivity index (χ0v) is 11.9. The number of nitrogens with zero attached hydrogens (tertiary/aromatic N) is 4. The van der Waals surface area contributed by atoms with Gasteiger partial charge in [-0.2, -0.15) is 0 Å². The highest BCUT2D eigenvalue weighted by Crippen LogP contribution is 2.15. The molecule has 1 saturated heterocycles. The van der Waals surface area contributed by atoms with Crippen LogP contribution in [0.15, 0.2) is 6.20 Å². The number of aromatic nitrogens is 3. The molecule has 0 saturated carbocycles. The standard InChI is InChI=1S/C13H25N5/c1-10(2)13-9-18(11(3)5-6-14-13)8-12-7-17(4)16-15-12/h7,10-11,13-14H,5-6,8-9H2,1-4H3. The van der Waals surface area contributed by atoms with Crippen molar-refractivity contribution in [3.8, 4) is 0 Å². The number of hydrogen-bond acceptors (Lipinski definition) is 4. The van der Waals surface area contributed by atoms with Crippen molar-refractivity contribution < 1.29 is 0 Å². The minimum Gasteiger partial charge on any atom is -0.312 e.